The van der Waals surface area contributed by atoms with Crippen molar-refractivity contribution in [3.63, 3.8) is 0 Å². The molecule has 0 aromatic carbocycles. The monoisotopic (exact) mass is 248 g/mol. The Morgan fingerprint density at radius 3 is 2.56 bits per heavy atom. The highest BCUT2D eigenvalue weighted by Gasteiger charge is 2.36. The van der Waals surface area contributed by atoms with Crippen LogP contribution in [0.3, 0.4) is 0 Å². The molecule has 1 saturated carbocycles. The highest BCUT2D eigenvalue weighted by Crippen LogP contribution is 2.37. The average molecular weight is 248 g/mol. The zero-order valence-corrected chi connectivity index (χ0v) is 11.4. The maximum atomic E-state index is 11.8. The molecule has 0 bridgehead atoms. The highest BCUT2D eigenvalue weighted by molar-refractivity contribution is 7.89. The zero-order valence-electron chi connectivity index (χ0n) is 10.5. The Morgan fingerprint density at radius 2 is 2.06 bits per heavy atom. The smallest absolute Gasteiger partial charge is 0.213 e. The van der Waals surface area contributed by atoms with E-state index in [4.69, 9.17) is 0 Å². The Bertz CT molecular complexity index is 312. The zero-order chi connectivity index (χ0) is 12.2. The molecule has 0 aliphatic heterocycles. The van der Waals surface area contributed by atoms with Crippen LogP contribution in [0.1, 0.15) is 40.0 Å². The van der Waals surface area contributed by atoms with E-state index >= 15 is 0 Å². The number of nitrogens with one attached hydrogen (secondary N) is 2. The van der Waals surface area contributed by atoms with Gasteiger partial charge < -0.3 is 5.32 Å². The molecule has 1 aliphatic rings. The Kier molecular flexibility index (Phi) is 4.76. The number of hydrogen-bond acceptors (Lipinski definition) is 3. The second-order valence-electron chi connectivity index (χ2n) is 5.22. The summed E-state index contributed by atoms with van der Waals surface area (Å²) in [5.74, 6) is 0.174. The predicted octanol–water partition coefficient (Wildman–Crippen LogP) is 1.09. The number of rotatable bonds is 6. The first kappa shape index (κ1) is 13.9. The molecular formula is C11H24N2O2S. The van der Waals surface area contributed by atoms with Crippen LogP contribution in [0, 0.1) is 5.41 Å². The quantitative estimate of drug-likeness (QED) is 0.692. The maximum absolute atomic E-state index is 11.8. The molecule has 0 spiro atoms. The van der Waals surface area contributed by atoms with Gasteiger partial charge in [0.15, 0.2) is 0 Å². The van der Waals surface area contributed by atoms with E-state index in [2.05, 4.69) is 23.9 Å². The minimum atomic E-state index is -3.12. The van der Waals surface area contributed by atoms with Gasteiger partial charge in [-0.15, -0.1) is 0 Å². The minimum Gasteiger partial charge on any atom is -0.316 e. The van der Waals surface area contributed by atoms with Crippen molar-refractivity contribution in [2.24, 2.45) is 5.41 Å². The largest absolute Gasteiger partial charge is 0.316 e. The summed E-state index contributed by atoms with van der Waals surface area (Å²) in [7, 11) is -3.12. The molecule has 1 unspecified atom stereocenters. The van der Waals surface area contributed by atoms with Gasteiger partial charge in [-0.05, 0) is 24.8 Å². The van der Waals surface area contributed by atoms with Crippen LogP contribution >= 0.6 is 0 Å². The second kappa shape index (κ2) is 5.47. The lowest BCUT2D eigenvalue weighted by atomic mass is 9.88. The second-order valence-corrected chi connectivity index (χ2v) is 7.10. The van der Waals surface area contributed by atoms with Gasteiger partial charge in [-0.25, -0.2) is 13.1 Å². The molecule has 1 fully saturated rings. The third-order valence-corrected chi connectivity index (χ3v) is 4.76. The summed E-state index contributed by atoms with van der Waals surface area (Å²) < 4.78 is 26.4. The summed E-state index contributed by atoms with van der Waals surface area (Å²) in [5.41, 5.74) is 0.102. The van der Waals surface area contributed by atoms with Gasteiger partial charge in [-0.2, -0.15) is 0 Å². The van der Waals surface area contributed by atoms with Gasteiger partial charge in [0.25, 0.3) is 0 Å². The van der Waals surface area contributed by atoms with E-state index in [0.29, 0.717) is 6.54 Å². The Morgan fingerprint density at radius 1 is 1.38 bits per heavy atom. The lowest BCUT2D eigenvalue weighted by Crippen LogP contribution is -2.43. The molecule has 0 amide bonds. The van der Waals surface area contributed by atoms with Gasteiger partial charge >= 0.3 is 0 Å². The first-order valence-electron chi connectivity index (χ1n) is 6.08. The van der Waals surface area contributed by atoms with Crippen LogP contribution in [0.25, 0.3) is 0 Å². The van der Waals surface area contributed by atoms with Crippen LogP contribution in [0.4, 0.5) is 0 Å². The van der Waals surface area contributed by atoms with Crippen LogP contribution in [0.15, 0.2) is 0 Å². The first-order chi connectivity index (χ1) is 7.37. The van der Waals surface area contributed by atoms with E-state index < -0.39 is 10.0 Å². The molecular weight excluding hydrogens is 224 g/mol. The average Bonchev–Trinajstić information content (AvgIpc) is 2.45. The van der Waals surface area contributed by atoms with Crippen LogP contribution in [0.2, 0.25) is 0 Å². The molecule has 0 saturated heterocycles. The van der Waals surface area contributed by atoms with Crippen molar-refractivity contribution in [1.82, 2.24) is 10.0 Å². The first-order valence-corrected chi connectivity index (χ1v) is 7.73. The summed E-state index contributed by atoms with van der Waals surface area (Å²) in [4.78, 5) is 0. The van der Waals surface area contributed by atoms with Crippen molar-refractivity contribution in [3.05, 3.63) is 0 Å². The van der Waals surface area contributed by atoms with Crippen LogP contribution < -0.4 is 10.0 Å². The van der Waals surface area contributed by atoms with E-state index in [1.807, 2.05) is 6.92 Å². The Labute approximate surface area is 99.2 Å². The van der Waals surface area contributed by atoms with Crippen molar-refractivity contribution in [2.45, 2.75) is 46.1 Å². The van der Waals surface area contributed by atoms with E-state index in [1.54, 1.807) is 0 Å². The number of sulfonamides is 1. The summed E-state index contributed by atoms with van der Waals surface area (Å²) in [6.07, 6.45) is 3.19. The number of hydrogen-bond donors (Lipinski definition) is 2. The normalized spacial score (nSPS) is 24.8. The molecule has 96 valence electrons. The van der Waals surface area contributed by atoms with Crippen molar-refractivity contribution in [1.29, 1.82) is 0 Å². The molecule has 1 rings (SSSR count). The van der Waals surface area contributed by atoms with Crippen molar-refractivity contribution in [3.8, 4) is 0 Å². The van der Waals surface area contributed by atoms with Gasteiger partial charge in [0.1, 0.15) is 0 Å². The van der Waals surface area contributed by atoms with E-state index in [1.165, 1.54) is 0 Å². The van der Waals surface area contributed by atoms with Gasteiger partial charge in [0.2, 0.25) is 10.0 Å². The molecule has 5 heteroatoms. The van der Waals surface area contributed by atoms with E-state index in [0.717, 1.165) is 25.8 Å². The van der Waals surface area contributed by atoms with Crippen LogP contribution in [0.5, 0.6) is 0 Å². The summed E-state index contributed by atoms with van der Waals surface area (Å²) in [6.45, 7) is 7.58. The minimum absolute atomic E-state index is 0.102. The highest BCUT2D eigenvalue weighted by atomic mass is 32.2. The molecule has 1 aliphatic carbocycles. The predicted molar refractivity (Wildman–Crippen MR) is 66.9 cm³/mol. The topological polar surface area (TPSA) is 58.2 Å². The fourth-order valence-electron chi connectivity index (χ4n) is 2.20. The maximum Gasteiger partial charge on any atom is 0.213 e. The van der Waals surface area contributed by atoms with Crippen molar-refractivity contribution < 1.29 is 8.42 Å². The Balaban J connectivity index is 2.46. The molecule has 0 aromatic rings. The fraction of sp³-hybridized carbons (Fsp3) is 1.00. The standard InChI is InChI=1S/C11H24N2O2S/c1-4-12-8-9-16(14,15)13-10-6-5-7-11(10,2)3/h10,12-13H,4-9H2,1-3H3. The van der Waals surface area contributed by atoms with Crippen LogP contribution in [-0.2, 0) is 10.0 Å². The molecule has 0 radical (unpaired) electrons. The molecule has 16 heavy (non-hydrogen) atoms. The molecule has 0 heterocycles. The van der Waals surface area contributed by atoms with E-state index in [9.17, 15) is 8.42 Å². The van der Waals surface area contributed by atoms with Crippen molar-refractivity contribution in [2.75, 3.05) is 18.8 Å². The fourth-order valence-corrected chi connectivity index (χ4v) is 3.61. The third-order valence-electron chi connectivity index (χ3n) is 3.38. The van der Waals surface area contributed by atoms with Gasteiger partial charge in [-0.1, -0.05) is 27.2 Å². The van der Waals surface area contributed by atoms with Gasteiger partial charge in [0.05, 0.1) is 5.75 Å². The molecule has 1 atom stereocenters. The van der Waals surface area contributed by atoms with Crippen molar-refractivity contribution >= 4 is 10.0 Å². The third kappa shape index (κ3) is 4.03. The lowest BCUT2D eigenvalue weighted by molar-refractivity contribution is 0.313. The lowest BCUT2D eigenvalue weighted by Gasteiger charge is -2.27. The van der Waals surface area contributed by atoms with Crippen LogP contribution in [-0.4, -0.2) is 33.3 Å². The van der Waals surface area contributed by atoms with E-state index in [-0.39, 0.29) is 17.2 Å². The summed E-state index contributed by atoms with van der Waals surface area (Å²) in [6, 6.07) is 0.110. The Hall–Kier alpha value is -0.130. The summed E-state index contributed by atoms with van der Waals surface area (Å²) >= 11 is 0. The van der Waals surface area contributed by atoms with Gasteiger partial charge in [-0.3, -0.25) is 0 Å². The SMILES string of the molecule is CCNCCS(=O)(=O)NC1CCCC1(C)C. The summed E-state index contributed by atoms with van der Waals surface area (Å²) in [5, 5.41) is 3.03. The molecule has 2 N–H and O–H groups in total. The molecule has 0 aromatic heterocycles. The molecule has 4 nitrogen and oxygen atoms in total. The van der Waals surface area contributed by atoms with Gasteiger partial charge in [0, 0.05) is 12.6 Å².